The van der Waals surface area contributed by atoms with Gasteiger partial charge in [0.25, 0.3) is 0 Å². The van der Waals surface area contributed by atoms with Crippen molar-refractivity contribution in [1.29, 1.82) is 0 Å². The smallest absolute Gasteiger partial charge is 0.324 e. The summed E-state index contributed by atoms with van der Waals surface area (Å²) < 4.78 is 4.82. The number of carbonyl (C=O) groups excluding carboxylic acids is 1. The third kappa shape index (κ3) is 2.77. The van der Waals surface area contributed by atoms with Crippen LogP contribution in [0.3, 0.4) is 0 Å². The van der Waals surface area contributed by atoms with Gasteiger partial charge in [0.05, 0.1) is 6.61 Å². The maximum atomic E-state index is 11.2. The van der Waals surface area contributed by atoms with Crippen LogP contribution < -0.4 is 0 Å². The monoisotopic (exact) mass is 244 g/mol. The summed E-state index contributed by atoms with van der Waals surface area (Å²) in [5.41, 5.74) is 0.695. The molecule has 4 nitrogen and oxygen atoms in total. The van der Waals surface area contributed by atoms with Gasteiger partial charge in [-0.25, -0.2) is 9.97 Å². The topological polar surface area (TPSA) is 52.1 Å². The van der Waals surface area contributed by atoms with E-state index in [1.165, 1.54) is 6.33 Å². The summed E-state index contributed by atoms with van der Waals surface area (Å²) in [5.74, 6) is -0.322. The van der Waals surface area contributed by atoms with Crippen LogP contribution in [-0.4, -0.2) is 22.5 Å². The van der Waals surface area contributed by atoms with Crippen LogP contribution in [0.2, 0.25) is 0 Å². The van der Waals surface area contributed by atoms with Gasteiger partial charge in [-0.2, -0.15) is 0 Å². The van der Waals surface area contributed by atoms with Crippen molar-refractivity contribution in [3.05, 3.63) is 24.3 Å². The molecule has 1 aromatic heterocycles. The first-order chi connectivity index (χ1) is 6.25. The van der Waals surface area contributed by atoms with Gasteiger partial charge in [-0.05, 0) is 6.92 Å². The van der Waals surface area contributed by atoms with Gasteiger partial charge < -0.3 is 4.74 Å². The molecule has 1 atom stereocenters. The van der Waals surface area contributed by atoms with Gasteiger partial charge in [0.15, 0.2) is 0 Å². The zero-order valence-electron chi connectivity index (χ0n) is 7.11. The van der Waals surface area contributed by atoms with Crippen molar-refractivity contribution in [2.45, 2.75) is 11.8 Å². The van der Waals surface area contributed by atoms with Crippen molar-refractivity contribution in [2.75, 3.05) is 6.61 Å². The van der Waals surface area contributed by atoms with Crippen molar-refractivity contribution in [1.82, 2.24) is 9.97 Å². The number of halogens is 1. The highest BCUT2D eigenvalue weighted by Gasteiger charge is 2.18. The van der Waals surface area contributed by atoms with E-state index in [1.54, 1.807) is 19.3 Å². The Hall–Kier alpha value is -0.970. The second-order valence-electron chi connectivity index (χ2n) is 2.29. The molecule has 1 aromatic rings. The molecular formula is C8H9BrN2O2. The molecule has 1 rings (SSSR count). The quantitative estimate of drug-likeness (QED) is 0.597. The number of rotatable bonds is 3. The van der Waals surface area contributed by atoms with Gasteiger partial charge in [0.1, 0.15) is 11.2 Å². The molecular weight excluding hydrogens is 236 g/mol. The lowest BCUT2D eigenvalue weighted by Crippen LogP contribution is -2.10. The number of hydrogen-bond acceptors (Lipinski definition) is 4. The van der Waals surface area contributed by atoms with E-state index in [-0.39, 0.29) is 5.97 Å². The van der Waals surface area contributed by atoms with E-state index in [4.69, 9.17) is 4.74 Å². The molecule has 0 aliphatic rings. The molecule has 0 fully saturated rings. The first-order valence-electron chi connectivity index (χ1n) is 3.81. The molecule has 1 heterocycles. The summed E-state index contributed by atoms with van der Waals surface area (Å²) in [5, 5.41) is 0. The molecule has 5 heteroatoms. The maximum absolute atomic E-state index is 11.2. The molecule has 0 radical (unpaired) electrons. The second kappa shape index (κ2) is 4.91. The predicted molar refractivity (Wildman–Crippen MR) is 50.3 cm³/mol. The number of hydrogen-bond donors (Lipinski definition) is 0. The molecule has 0 saturated heterocycles. The fourth-order valence-corrected chi connectivity index (χ4v) is 1.16. The number of aromatic nitrogens is 2. The summed E-state index contributed by atoms with van der Waals surface area (Å²) in [6, 6.07) is 0. The van der Waals surface area contributed by atoms with Crippen molar-refractivity contribution in [2.24, 2.45) is 0 Å². The molecule has 1 unspecified atom stereocenters. The molecule has 0 amide bonds. The van der Waals surface area contributed by atoms with Gasteiger partial charge >= 0.3 is 5.97 Å². The summed E-state index contributed by atoms with van der Waals surface area (Å²) in [6.07, 6.45) is 4.56. The van der Waals surface area contributed by atoms with E-state index >= 15 is 0 Å². The third-order valence-corrected chi connectivity index (χ3v) is 2.27. The fraction of sp³-hybridized carbons (Fsp3) is 0.375. The van der Waals surface area contributed by atoms with E-state index in [0.29, 0.717) is 12.2 Å². The van der Waals surface area contributed by atoms with Crippen LogP contribution in [0.5, 0.6) is 0 Å². The highest BCUT2D eigenvalue weighted by atomic mass is 79.9. The highest BCUT2D eigenvalue weighted by molar-refractivity contribution is 9.09. The maximum Gasteiger partial charge on any atom is 0.324 e. The number of ether oxygens (including phenoxy) is 1. The van der Waals surface area contributed by atoms with Crippen LogP contribution in [0, 0.1) is 0 Å². The van der Waals surface area contributed by atoms with E-state index in [1.807, 2.05) is 0 Å². The van der Waals surface area contributed by atoms with E-state index in [9.17, 15) is 4.79 Å². The average molecular weight is 245 g/mol. The Balaban J connectivity index is 2.68. The first-order valence-corrected chi connectivity index (χ1v) is 4.73. The molecule has 0 spiro atoms. The van der Waals surface area contributed by atoms with Crippen molar-refractivity contribution >= 4 is 21.9 Å². The normalized spacial score (nSPS) is 12.2. The molecule has 13 heavy (non-hydrogen) atoms. The molecule has 0 saturated carbocycles. The van der Waals surface area contributed by atoms with Crippen molar-refractivity contribution in [3.63, 3.8) is 0 Å². The molecule has 0 bridgehead atoms. The Labute approximate surface area is 84.5 Å². The van der Waals surface area contributed by atoms with Crippen LogP contribution in [-0.2, 0) is 9.53 Å². The van der Waals surface area contributed by atoms with E-state index in [0.717, 1.165) is 0 Å². The Morgan fingerprint density at radius 2 is 2.23 bits per heavy atom. The molecule has 0 N–H and O–H groups in total. The fourth-order valence-electron chi connectivity index (χ4n) is 0.793. The first kappa shape index (κ1) is 10.1. The van der Waals surface area contributed by atoms with Gasteiger partial charge in [0, 0.05) is 18.0 Å². The van der Waals surface area contributed by atoms with Crippen molar-refractivity contribution < 1.29 is 9.53 Å². The minimum absolute atomic E-state index is 0.322. The third-order valence-electron chi connectivity index (χ3n) is 1.37. The largest absolute Gasteiger partial charge is 0.465 e. The van der Waals surface area contributed by atoms with Crippen LogP contribution in [0.15, 0.2) is 18.7 Å². The lowest BCUT2D eigenvalue weighted by Gasteiger charge is -2.07. The van der Waals surface area contributed by atoms with Crippen molar-refractivity contribution in [3.8, 4) is 0 Å². The lowest BCUT2D eigenvalue weighted by molar-refractivity contribution is -0.142. The summed E-state index contributed by atoms with van der Waals surface area (Å²) in [6.45, 7) is 2.13. The molecule has 70 valence electrons. The van der Waals surface area contributed by atoms with E-state index < -0.39 is 4.83 Å². The Morgan fingerprint density at radius 1 is 1.62 bits per heavy atom. The van der Waals surface area contributed by atoms with Crippen LogP contribution in [0.25, 0.3) is 0 Å². The molecule has 0 aliphatic carbocycles. The predicted octanol–water partition coefficient (Wildman–Crippen LogP) is 1.48. The van der Waals surface area contributed by atoms with Gasteiger partial charge in [-0.3, -0.25) is 4.79 Å². The second-order valence-corrected chi connectivity index (χ2v) is 3.20. The summed E-state index contributed by atoms with van der Waals surface area (Å²) >= 11 is 3.20. The van der Waals surface area contributed by atoms with Crippen LogP contribution >= 0.6 is 15.9 Å². The minimum Gasteiger partial charge on any atom is -0.465 e. The zero-order valence-corrected chi connectivity index (χ0v) is 8.69. The minimum atomic E-state index is -0.478. The standard InChI is InChI=1S/C8H9BrN2O2/c1-2-13-8(12)7(9)6-3-10-5-11-4-6/h3-5,7H,2H2,1H3. The Bertz CT molecular complexity index is 279. The Morgan fingerprint density at radius 3 is 2.77 bits per heavy atom. The van der Waals surface area contributed by atoms with Crippen LogP contribution in [0.1, 0.15) is 17.3 Å². The molecule has 0 aromatic carbocycles. The van der Waals surface area contributed by atoms with Gasteiger partial charge in [-0.15, -0.1) is 0 Å². The zero-order chi connectivity index (χ0) is 9.68. The van der Waals surface area contributed by atoms with Gasteiger partial charge in [0.2, 0.25) is 0 Å². The number of carbonyl (C=O) groups is 1. The average Bonchev–Trinajstić information content (AvgIpc) is 2.18. The van der Waals surface area contributed by atoms with Gasteiger partial charge in [-0.1, -0.05) is 15.9 Å². The summed E-state index contributed by atoms with van der Waals surface area (Å²) in [4.78, 5) is 18.3. The highest BCUT2D eigenvalue weighted by Crippen LogP contribution is 2.22. The Kier molecular flexibility index (Phi) is 3.82. The van der Waals surface area contributed by atoms with Crippen LogP contribution in [0.4, 0.5) is 0 Å². The number of esters is 1. The molecule has 0 aliphatic heterocycles. The lowest BCUT2D eigenvalue weighted by atomic mass is 10.2. The van der Waals surface area contributed by atoms with E-state index in [2.05, 4.69) is 25.9 Å². The number of nitrogens with zero attached hydrogens (tertiary/aromatic N) is 2. The number of alkyl halides is 1. The SMILES string of the molecule is CCOC(=O)C(Br)c1cncnc1. The summed E-state index contributed by atoms with van der Waals surface area (Å²) in [7, 11) is 0.